The molecule has 6 rings (SSSR count). The first kappa shape index (κ1) is 18.9. The molecule has 3 aliphatic rings. The second-order valence-electron chi connectivity index (χ2n) is 9.38. The molecule has 3 aromatic rings. The number of pyridine rings is 1. The lowest BCUT2D eigenvalue weighted by atomic mass is 10.0. The highest BCUT2D eigenvalue weighted by Gasteiger charge is 2.43. The summed E-state index contributed by atoms with van der Waals surface area (Å²) in [6.07, 6.45) is 8.05. The molecule has 3 aromatic heterocycles. The number of H-pyrrole nitrogens is 1. The summed E-state index contributed by atoms with van der Waals surface area (Å²) in [5, 5.41) is 12.5. The number of rotatable bonds is 6. The van der Waals surface area contributed by atoms with Crippen LogP contribution in [0.4, 0.5) is 11.6 Å². The highest BCUT2D eigenvalue weighted by molar-refractivity contribution is 5.97. The van der Waals surface area contributed by atoms with Gasteiger partial charge in [0.05, 0.1) is 17.3 Å². The minimum absolute atomic E-state index is 0.0348. The van der Waals surface area contributed by atoms with Gasteiger partial charge in [-0.3, -0.25) is 14.6 Å². The van der Waals surface area contributed by atoms with Crippen LogP contribution < -0.4 is 16.2 Å². The second-order valence-corrected chi connectivity index (χ2v) is 9.38. The zero-order chi connectivity index (χ0) is 21.3. The molecule has 1 aliphatic heterocycles. The molecule has 0 bridgehead atoms. The number of nitrogens with one attached hydrogen (secondary N) is 1. The number of hydrogen-bond donors (Lipinski definition) is 2. The molecule has 31 heavy (non-hydrogen) atoms. The number of aromatic amines is 1. The highest BCUT2D eigenvalue weighted by Crippen LogP contribution is 2.52. The lowest BCUT2D eigenvalue weighted by Crippen LogP contribution is -2.27. The van der Waals surface area contributed by atoms with Gasteiger partial charge in [-0.2, -0.15) is 10.2 Å². The summed E-state index contributed by atoms with van der Waals surface area (Å²) in [6.45, 7) is 1.79. The zero-order valence-electron chi connectivity index (χ0n) is 18.0. The predicted molar refractivity (Wildman–Crippen MR) is 119 cm³/mol. The Morgan fingerprint density at radius 3 is 2.61 bits per heavy atom. The normalized spacial score (nSPS) is 21.6. The van der Waals surface area contributed by atoms with Crippen LogP contribution in [-0.4, -0.2) is 50.8 Å². The number of methoxy groups -OCH3 is 1. The van der Waals surface area contributed by atoms with E-state index in [0.717, 1.165) is 36.6 Å². The molecule has 0 spiro atoms. The Kier molecular flexibility index (Phi) is 4.18. The molecular weight excluding hydrogens is 394 g/mol. The van der Waals surface area contributed by atoms with Crippen molar-refractivity contribution in [3.63, 3.8) is 0 Å². The molecule has 3 N–H and O–H groups in total. The van der Waals surface area contributed by atoms with Crippen LogP contribution >= 0.6 is 0 Å². The minimum Gasteiger partial charge on any atom is -0.382 e. The van der Waals surface area contributed by atoms with Gasteiger partial charge in [0.15, 0.2) is 5.82 Å². The van der Waals surface area contributed by atoms with E-state index in [1.54, 1.807) is 7.11 Å². The maximum atomic E-state index is 13.4. The summed E-state index contributed by atoms with van der Waals surface area (Å²) < 4.78 is 9.39. The van der Waals surface area contributed by atoms with E-state index in [4.69, 9.17) is 15.6 Å². The maximum absolute atomic E-state index is 13.4. The topological polar surface area (TPSA) is 107 Å². The van der Waals surface area contributed by atoms with Gasteiger partial charge in [0.25, 0.3) is 5.56 Å². The highest BCUT2D eigenvalue weighted by atomic mass is 16.5. The van der Waals surface area contributed by atoms with Gasteiger partial charge in [-0.05, 0) is 43.9 Å². The third-order valence-electron chi connectivity index (χ3n) is 7.24. The maximum Gasteiger partial charge on any atom is 0.264 e. The summed E-state index contributed by atoms with van der Waals surface area (Å²) in [4.78, 5) is 15.7. The number of nitrogens with two attached hydrogens (primary N) is 1. The Balaban J connectivity index is 1.48. The lowest BCUT2D eigenvalue weighted by molar-refractivity contribution is 0.121. The average molecular weight is 424 g/mol. The number of nitrogens with zero attached hydrogens (tertiary/aromatic N) is 5. The van der Waals surface area contributed by atoms with E-state index in [1.165, 1.54) is 25.7 Å². The Labute approximate surface area is 180 Å². The van der Waals surface area contributed by atoms with E-state index in [2.05, 4.69) is 21.2 Å². The Hall–Kier alpha value is -2.81. The van der Waals surface area contributed by atoms with E-state index in [1.807, 2.05) is 22.5 Å². The third-order valence-corrected chi connectivity index (χ3v) is 7.24. The largest absolute Gasteiger partial charge is 0.382 e. The molecule has 0 amide bonds. The van der Waals surface area contributed by atoms with Gasteiger partial charge in [-0.1, -0.05) is 0 Å². The van der Waals surface area contributed by atoms with Crippen molar-refractivity contribution in [2.45, 2.75) is 44.2 Å². The van der Waals surface area contributed by atoms with E-state index in [0.29, 0.717) is 22.7 Å². The number of aromatic nitrogens is 5. The van der Waals surface area contributed by atoms with Crippen molar-refractivity contribution >= 4 is 22.5 Å². The van der Waals surface area contributed by atoms with Crippen LogP contribution in [0.5, 0.6) is 0 Å². The Morgan fingerprint density at radius 2 is 1.97 bits per heavy atom. The van der Waals surface area contributed by atoms with Gasteiger partial charge >= 0.3 is 0 Å². The van der Waals surface area contributed by atoms with Gasteiger partial charge in [0.1, 0.15) is 11.2 Å². The summed E-state index contributed by atoms with van der Waals surface area (Å²) >= 11 is 0. The quantitative estimate of drug-likeness (QED) is 0.630. The van der Waals surface area contributed by atoms with Crippen LogP contribution in [0.25, 0.3) is 22.2 Å². The van der Waals surface area contributed by atoms with E-state index < -0.39 is 0 Å². The van der Waals surface area contributed by atoms with Gasteiger partial charge in [0.2, 0.25) is 0 Å². The van der Waals surface area contributed by atoms with Crippen LogP contribution in [0, 0.1) is 11.8 Å². The van der Waals surface area contributed by atoms with E-state index >= 15 is 0 Å². The molecule has 4 heterocycles. The van der Waals surface area contributed by atoms with Crippen molar-refractivity contribution in [3.05, 3.63) is 22.6 Å². The third kappa shape index (κ3) is 3.05. The predicted octanol–water partition coefficient (Wildman–Crippen LogP) is 2.29. The molecule has 3 fully saturated rings. The first-order valence-corrected chi connectivity index (χ1v) is 11.3. The number of aryl methyl sites for hydroxylation is 1. The molecular formula is C22H29N7O2. The van der Waals surface area contributed by atoms with Gasteiger partial charge < -0.3 is 19.9 Å². The first-order valence-electron chi connectivity index (χ1n) is 11.3. The monoisotopic (exact) mass is 423 g/mol. The molecule has 0 radical (unpaired) electrons. The van der Waals surface area contributed by atoms with Crippen molar-refractivity contribution in [2.75, 3.05) is 30.8 Å². The van der Waals surface area contributed by atoms with Crippen molar-refractivity contribution in [3.8, 4) is 11.3 Å². The van der Waals surface area contributed by atoms with E-state index in [-0.39, 0.29) is 23.5 Å². The molecule has 1 atom stereocenters. The molecule has 9 heteroatoms. The fourth-order valence-corrected chi connectivity index (χ4v) is 5.30. The van der Waals surface area contributed by atoms with Crippen molar-refractivity contribution in [1.29, 1.82) is 0 Å². The van der Waals surface area contributed by atoms with Crippen LogP contribution in [0.2, 0.25) is 0 Å². The van der Waals surface area contributed by atoms with Crippen molar-refractivity contribution < 1.29 is 4.74 Å². The molecule has 2 aliphatic carbocycles. The minimum atomic E-state index is -0.0348. The number of hydrogen-bond acceptors (Lipinski definition) is 6. The Bertz CT molecular complexity index is 1190. The molecule has 1 saturated heterocycles. The van der Waals surface area contributed by atoms with Crippen LogP contribution in [0.3, 0.4) is 0 Å². The summed E-state index contributed by atoms with van der Waals surface area (Å²) in [6, 6.07) is 2.36. The van der Waals surface area contributed by atoms with Crippen LogP contribution in [0.15, 0.2) is 17.1 Å². The molecule has 0 unspecified atom stereocenters. The fourth-order valence-electron chi connectivity index (χ4n) is 5.30. The standard InChI is InChI=1S/C22H29N7O2/c1-27-17(28-8-7-14(10-28)31-2)9-16(26-27)15-11-29(20(12-3-4-12)13-5-6-13)22(30)18-19(15)24-25-21(18)23/h9,11-14,20H,3-8,10H2,1-2H3,(H3,23,24,25)/t14-/m0/s1. The van der Waals surface area contributed by atoms with Gasteiger partial charge in [-0.25, -0.2) is 0 Å². The van der Waals surface area contributed by atoms with Crippen molar-refractivity contribution in [1.82, 2.24) is 24.5 Å². The summed E-state index contributed by atoms with van der Waals surface area (Å²) in [7, 11) is 3.73. The van der Waals surface area contributed by atoms with Crippen LogP contribution in [0.1, 0.15) is 38.1 Å². The molecule has 2 saturated carbocycles. The van der Waals surface area contributed by atoms with E-state index in [9.17, 15) is 4.79 Å². The molecule has 0 aromatic carbocycles. The SMILES string of the molecule is CO[C@H]1CCN(c2cc(-c3cn(C(C4CC4)C4CC4)c(=O)c4c(N)n[nH]c34)nn2C)C1. The average Bonchev–Trinajstić information content (AvgIpc) is 3.66. The Morgan fingerprint density at radius 1 is 1.23 bits per heavy atom. The van der Waals surface area contributed by atoms with Gasteiger partial charge in [-0.15, -0.1) is 0 Å². The lowest BCUT2D eigenvalue weighted by Gasteiger charge is -2.20. The number of nitrogen functional groups attached to an aromatic ring is 1. The number of fused-ring (bicyclic) bond motifs is 1. The fraction of sp³-hybridized carbons (Fsp3) is 0.591. The zero-order valence-corrected chi connectivity index (χ0v) is 18.0. The number of anilines is 2. The first-order chi connectivity index (χ1) is 15.0. The second kappa shape index (κ2) is 6.85. The summed E-state index contributed by atoms with van der Waals surface area (Å²) in [5.41, 5.74) is 8.48. The van der Waals surface area contributed by atoms with Gasteiger partial charge in [0, 0.05) is 51.1 Å². The molecule has 164 valence electrons. The summed E-state index contributed by atoms with van der Waals surface area (Å²) in [5.74, 6) is 2.51. The van der Waals surface area contributed by atoms with Crippen LogP contribution in [-0.2, 0) is 11.8 Å². The van der Waals surface area contributed by atoms with Crippen molar-refractivity contribution in [2.24, 2.45) is 18.9 Å². The smallest absolute Gasteiger partial charge is 0.264 e. The molecule has 9 nitrogen and oxygen atoms in total. The number of ether oxygens (including phenoxy) is 1.